The predicted molar refractivity (Wildman–Crippen MR) is 110 cm³/mol. The van der Waals surface area contributed by atoms with Gasteiger partial charge in [0.2, 0.25) is 0 Å². The number of halogens is 1. The first-order valence-electron chi connectivity index (χ1n) is 9.41. The van der Waals surface area contributed by atoms with Crippen molar-refractivity contribution in [1.29, 1.82) is 0 Å². The van der Waals surface area contributed by atoms with Crippen LogP contribution in [0.25, 0.3) is 0 Å². The van der Waals surface area contributed by atoms with E-state index >= 15 is 0 Å². The minimum absolute atomic E-state index is 0.00158. The van der Waals surface area contributed by atoms with Crippen LogP contribution in [-0.4, -0.2) is 50.3 Å². The molecule has 0 aliphatic carbocycles. The fraction of sp³-hybridized carbons (Fsp3) is 0.381. The standard InChI is InChI=1S/C21H26ClN3O2/c1-2-27-20-6-4-3-5-19(20)24-13-15-25(16-14-24)21(26)23-12-11-17-7-9-18(22)10-8-17/h3-10H,2,11-16H2,1H3,(H,23,26). The molecule has 6 heteroatoms. The molecule has 1 heterocycles. The molecule has 2 aromatic rings. The van der Waals surface area contributed by atoms with E-state index in [0.29, 0.717) is 26.2 Å². The predicted octanol–water partition coefficient (Wildman–Crippen LogP) is 3.81. The fourth-order valence-corrected chi connectivity index (χ4v) is 3.35. The summed E-state index contributed by atoms with van der Waals surface area (Å²) in [6, 6.07) is 15.8. The molecule has 144 valence electrons. The van der Waals surface area contributed by atoms with Gasteiger partial charge in [-0.3, -0.25) is 0 Å². The van der Waals surface area contributed by atoms with Gasteiger partial charge in [0, 0.05) is 37.7 Å². The van der Waals surface area contributed by atoms with Gasteiger partial charge in [0.15, 0.2) is 0 Å². The van der Waals surface area contributed by atoms with Crippen molar-refractivity contribution in [2.24, 2.45) is 0 Å². The number of rotatable bonds is 6. The Morgan fingerprint density at radius 2 is 1.78 bits per heavy atom. The topological polar surface area (TPSA) is 44.8 Å². The number of piperazine rings is 1. The second kappa shape index (κ2) is 9.51. The van der Waals surface area contributed by atoms with Crippen LogP contribution in [0.1, 0.15) is 12.5 Å². The number of ether oxygens (including phenoxy) is 1. The van der Waals surface area contributed by atoms with Crippen LogP contribution < -0.4 is 15.0 Å². The fourth-order valence-electron chi connectivity index (χ4n) is 3.22. The molecule has 0 atom stereocenters. The zero-order valence-electron chi connectivity index (χ0n) is 15.7. The minimum atomic E-state index is 0.00158. The van der Waals surface area contributed by atoms with Gasteiger partial charge in [-0.2, -0.15) is 0 Å². The highest BCUT2D eigenvalue weighted by Gasteiger charge is 2.22. The van der Waals surface area contributed by atoms with E-state index in [1.165, 1.54) is 0 Å². The summed E-state index contributed by atoms with van der Waals surface area (Å²) in [4.78, 5) is 16.6. The second-order valence-corrected chi connectivity index (χ2v) is 6.92. The van der Waals surface area contributed by atoms with E-state index in [1.54, 1.807) is 0 Å². The summed E-state index contributed by atoms with van der Waals surface area (Å²) in [6.45, 7) is 6.26. The Morgan fingerprint density at radius 1 is 1.07 bits per heavy atom. The highest BCUT2D eigenvalue weighted by atomic mass is 35.5. The SMILES string of the molecule is CCOc1ccccc1N1CCN(C(=O)NCCc2ccc(Cl)cc2)CC1. The lowest BCUT2D eigenvalue weighted by Gasteiger charge is -2.36. The van der Waals surface area contributed by atoms with Crippen molar-refractivity contribution in [3.63, 3.8) is 0 Å². The van der Waals surface area contributed by atoms with Gasteiger partial charge < -0.3 is 19.9 Å². The van der Waals surface area contributed by atoms with Crippen LogP contribution in [-0.2, 0) is 6.42 Å². The quantitative estimate of drug-likeness (QED) is 0.819. The van der Waals surface area contributed by atoms with E-state index < -0.39 is 0 Å². The molecule has 0 bridgehead atoms. The first-order valence-corrected chi connectivity index (χ1v) is 9.79. The molecule has 0 aromatic heterocycles. The molecule has 0 saturated carbocycles. The van der Waals surface area contributed by atoms with Crippen LogP contribution in [0, 0.1) is 0 Å². The number of carbonyl (C=O) groups is 1. The Kier molecular flexibility index (Phi) is 6.82. The molecule has 27 heavy (non-hydrogen) atoms. The third-order valence-electron chi connectivity index (χ3n) is 4.68. The Balaban J connectivity index is 1.46. The van der Waals surface area contributed by atoms with Gasteiger partial charge in [0.25, 0.3) is 0 Å². The third kappa shape index (κ3) is 5.30. The van der Waals surface area contributed by atoms with Crippen molar-refractivity contribution >= 4 is 23.3 Å². The van der Waals surface area contributed by atoms with Crippen molar-refractivity contribution in [3.8, 4) is 5.75 Å². The first kappa shape index (κ1) is 19.4. The Bertz CT molecular complexity index is 743. The van der Waals surface area contributed by atoms with Crippen molar-refractivity contribution in [2.75, 3.05) is 44.2 Å². The van der Waals surface area contributed by atoms with Crippen molar-refractivity contribution in [2.45, 2.75) is 13.3 Å². The normalized spacial score (nSPS) is 14.1. The van der Waals surface area contributed by atoms with E-state index in [0.717, 1.165) is 41.5 Å². The van der Waals surface area contributed by atoms with Gasteiger partial charge >= 0.3 is 6.03 Å². The number of amides is 2. The lowest BCUT2D eigenvalue weighted by molar-refractivity contribution is 0.194. The molecule has 1 fully saturated rings. The summed E-state index contributed by atoms with van der Waals surface area (Å²) in [7, 11) is 0. The minimum Gasteiger partial charge on any atom is -0.492 e. The number of para-hydroxylation sites is 2. The van der Waals surface area contributed by atoms with Gasteiger partial charge in [-0.05, 0) is 43.2 Å². The summed E-state index contributed by atoms with van der Waals surface area (Å²) >= 11 is 5.89. The van der Waals surface area contributed by atoms with E-state index in [1.807, 2.05) is 54.3 Å². The highest BCUT2D eigenvalue weighted by molar-refractivity contribution is 6.30. The van der Waals surface area contributed by atoms with Gasteiger partial charge in [-0.25, -0.2) is 4.79 Å². The van der Waals surface area contributed by atoms with Gasteiger partial charge in [-0.15, -0.1) is 0 Å². The maximum absolute atomic E-state index is 12.4. The number of hydrogen-bond acceptors (Lipinski definition) is 3. The van der Waals surface area contributed by atoms with Gasteiger partial charge in [-0.1, -0.05) is 35.9 Å². The first-order chi connectivity index (χ1) is 13.2. The van der Waals surface area contributed by atoms with E-state index in [-0.39, 0.29) is 6.03 Å². The monoisotopic (exact) mass is 387 g/mol. The van der Waals surface area contributed by atoms with Gasteiger partial charge in [0.1, 0.15) is 5.75 Å². The molecule has 2 aromatic carbocycles. The average Bonchev–Trinajstić information content (AvgIpc) is 2.70. The van der Waals surface area contributed by atoms with Crippen LogP contribution in [0.4, 0.5) is 10.5 Å². The summed E-state index contributed by atoms with van der Waals surface area (Å²) in [5.41, 5.74) is 2.26. The summed E-state index contributed by atoms with van der Waals surface area (Å²) in [5.74, 6) is 0.904. The van der Waals surface area contributed by atoms with E-state index in [2.05, 4.69) is 16.3 Å². The average molecular weight is 388 g/mol. The maximum atomic E-state index is 12.4. The van der Waals surface area contributed by atoms with Crippen LogP contribution in [0.15, 0.2) is 48.5 Å². The summed E-state index contributed by atoms with van der Waals surface area (Å²) < 4.78 is 5.72. The summed E-state index contributed by atoms with van der Waals surface area (Å²) in [5, 5.41) is 3.74. The molecule has 0 spiro atoms. The number of hydrogen-bond donors (Lipinski definition) is 1. The molecule has 1 aliphatic rings. The van der Waals surface area contributed by atoms with E-state index in [4.69, 9.17) is 16.3 Å². The molecule has 3 rings (SSSR count). The van der Waals surface area contributed by atoms with Crippen LogP contribution in [0.3, 0.4) is 0 Å². The second-order valence-electron chi connectivity index (χ2n) is 6.48. The Labute approximate surface area is 165 Å². The number of nitrogens with one attached hydrogen (secondary N) is 1. The molecule has 0 radical (unpaired) electrons. The van der Waals surface area contributed by atoms with E-state index in [9.17, 15) is 4.79 Å². The maximum Gasteiger partial charge on any atom is 0.317 e. The molecular weight excluding hydrogens is 362 g/mol. The molecule has 1 aliphatic heterocycles. The Morgan fingerprint density at radius 3 is 2.48 bits per heavy atom. The van der Waals surface area contributed by atoms with Crippen molar-refractivity contribution in [1.82, 2.24) is 10.2 Å². The van der Waals surface area contributed by atoms with Crippen LogP contribution >= 0.6 is 11.6 Å². The number of urea groups is 1. The van der Waals surface area contributed by atoms with Crippen molar-refractivity contribution < 1.29 is 9.53 Å². The number of nitrogens with zero attached hydrogens (tertiary/aromatic N) is 2. The lowest BCUT2D eigenvalue weighted by atomic mass is 10.1. The molecular formula is C21H26ClN3O2. The zero-order valence-corrected chi connectivity index (χ0v) is 16.4. The van der Waals surface area contributed by atoms with Crippen LogP contribution in [0.5, 0.6) is 5.75 Å². The van der Waals surface area contributed by atoms with Crippen molar-refractivity contribution in [3.05, 3.63) is 59.1 Å². The zero-order chi connectivity index (χ0) is 19.1. The Hall–Kier alpha value is -2.40. The number of carbonyl (C=O) groups excluding carboxylic acids is 1. The molecule has 5 nitrogen and oxygen atoms in total. The van der Waals surface area contributed by atoms with Crippen LogP contribution in [0.2, 0.25) is 5.02 Å². The van der Waals surface area contributed by atoms with Gasteiger partial charge in [0.05, 0.1) is 12.3 Å². The molecule has 2 amide bonds. The molecule has 1 N–H and O–H groups in total. The lowest BCUT2D eigenvalue weighted by Crippen LogP contribution is -2.52. The number of anilines is 1. The highest BCUT2D eigenvalue weighted by Crippen LogP contribution is 2.28. The largest absolute Gasteiger partial charge is 0.492 e. The third-order valence-corrected chi connectivity index (χ3v) is 4.93. The smallest absolute Gasteiger partial charge is 0.317 e. The summed E-state index contributed by atoms with van der Waals surface area (Å²) in [6.07, 6.45) is 0.796. The molecule has 0 unspecified atom stereocenters. The molecule has 1 saturated heterocycles. The number of benzene rings is 2.